The minimum absolute atomic E-state index is 0.0365. The first-order valence-electron chi connectivity index (χ1n) is 13.6. The Hall–Kier alpha value is -2.77. The molecule has 0 spiro atoms. The first kappa shape index (κ1) is 32.6. The molecule has 0 saturated carbocycles. The average molecular weight is 847 g/mol. The summed E-state index contributed by atoms with van der Waals surface area (Å²) in [5.74, 6) is -0.462. The lowest BCUT2D eigenvalue weighted by Crippen LogP contribution is -2.01. The monoisotopic (exact) mass is 846 g/mol. The molecule has 4 aromatic carbocycles. The highest BCUT2D eigenvalue weighted by Gasteiger charge is 2.17. The first-order valence-corrected chi connectivity index (χ1v) is 17.3. The number of hydrogen-bond acceptors (Lipinski definition) is 4. The van der Waals surface area contributed by atoms with Gasteiger partial charge in [-0.25, -0.2) is 8.78 Å². The molecule has 0 bridgehead atoms. The molecule has 8 heteroatoms. The molecule has 2 aromatic heterocycles. The van der Waals surface area contributed by atoms with Gasteiger partial charge in [0.1, 0.15) is 17.7 Å². The predicted octanol–water partition coefficient (Wildman–Crippen LogP) is 11.2. The largest absolute Gasteiger partial charge is 0.383 e. The number of halogens is 4. The van der Waals surface area contributed by atoms with Gasteiger partial charge in [-0.2, -0.15) is 0 Å². The van der Waals surface area contributed by atoms with E-state index in [0.717, 1.165) is 55.2 Å². The van der Waals surface area contributed by atoms with Crippen LogP contribution in [0.25, 0.3) is 20.9 Å². The van der Waals surface area contributed by atoms with Gasteiger partial charge in [0, 0.05) is 27.3 Å². The fourth-order valence-electron chi connectivity index (χ4n) is 4.53. The average Bonchev–Trinajstić information content (AvgIpc) is 3.71. The van der Waals surface area contributed by atoms with E-state index in [4.69, 9.17) is 0 Å². The topological polar surface area (TPSA) is 37.3 Å². The van der Waals surface area contributed by atoms with Gasteiger partial charge < -0.3 is 5.11 Å². The van der Waals surface area contributed by atoms with Crippen LogP contribution in [0.3, 0.4) is 0 Å². The third-order valence-corrected chi connectivity index (χ3v) is 10.6. The number of carbonyl (C=O) groups excluding carboxylic acids is 1. The summed E-state index contributed by atoms with van der Waals surface area (Å²) >= 11 is 7.43. The van der Waals surface area contributed by atoms with E-state index in [9.17, 15) is 18.7 Å². The van der Waals surface area contributed by atoms with Crippen LogP contribution in [0.1, 0.15) is 42.9 Å². The van der Waals surface area contributed by atoms with Crippen LogP contribution in [0.4, 0.5) is 8.78 Å². The molecule has 222 valence electrons. The van der Waals surface area contributed by atoms with Crippen LogP contribution >= 0.6 is 67.9 Å². The van der Waals surface area contributed by atoms with Crippen molar-refractivity contribution in [3.05, 3.63) is 160 Å². The Balaban J connectivity index is 0.000000175. The molecular weight excluding hydrogens is 820 g/mol. The van der Waals surface area contributed by atoms with Gasteiger partial charge in [-0.15, -0.1) is 22.7 Å². The predicted molar refractivity (Wildman–Crippen MR) is 195 cm³/mol. The van der Waals surface area contributed by atoms with Gasteiger partial charge in [0.2, 0.25) is 5.78 Å². The van der Waals surface area contributed by atoms with Crippen molar-refractivity contribution in [3.8, 4) is 20.9 Å². The molecule has 0 aliphatic carbocycles. The zero-order valence-corrected chi connectivity index (χ0v) is 29.6. The van der Waals surface area contributed by atoms with E-state index < -0.39 is 6.10 Å². The zero-order chi connectivity index (χ0) is 31.4. The molecule has 2 nitrogen and oxygen atoms in total. The van der Waals surface area contributed by atoms with Crippen molar-refractivity contribution < 1.29 is 18.7 Å². The smallest absolute Gasteiger partial charge is 0.203 e. The van der Waals surface area contributed by atoms with Crippen LogP contribution in [0.15, 0.2) is 109 Å². The minimum atomic E-state index is -0.631. The number of aliphatic hydroxyl groups is 1. The van der Waals surface area contributed by atoms with Crippen molar-refractivity contribution in [2.45, 2.75) is 20.0 Å². The van der Waals surface area contributed by atoms with Crippen molar-refractivity contribution in [1.29, 1.82) is 0 Å². The second kappa shape index (κ2) is 14.6. The number of benzene rings is 4. The summed E-state index contributed by atoms with van der Waals surface area (Å²) in [6.45, 7) is 3.95. The van der Waals surface area contributed by atoms with E-state index in [0.29, 0.717) is 4.88 Å². The third kappa shape index (κ3) is 7.89. The Morgan fingerprint density at radius 2 is 1.18 bits per heavy atom. The number of hydrogen-bond donors (Lipinski definition) is 1. The van der Waals surface area contributed by atoms with Gasteiger partial charge >= 0.3 is 0 Å². The van der Waals surface area contributed by atoms with Gasteiger partial charge in [0.15, 0.2) is 0 Å². The van der Waals surface area contributed by atoms with Crippen molar-refractivity contribution in [3.63, 3.8) is 0 Å². The van der Waals surface area contributed by atoms with E-state index in [1.165, 1.54) is 46.9 Å². The summed E-state index contributed by atoms with van der Waals surface area (Å²) in [6, 6.07) is 32.3. The summed E-state index contributed by atoms with van der Waals surface area (Å²) < 4.78 is 28.1. The molecule has 0 amide bonds. The van der Waals surface area contributed by atoms with Gasteiger partial charge in [-0.05, 0) is 160 Å². The lowest BCUT2D eigenvalue weighted by Gasteiger charge is -2.12. The molecule has 0 aliphatic heterocycles. The normalized spacial score (nSPS) is 11.5. The fourth-order valence-corrected chi connectivity index (χ4v) is 7.52. The number of aryl methyl sites for hydroxylation is 2. The molecule has 0 saturated heterocycles. The maximum atomic E-state index is 13.0. The van der Waals surface area contributed by atoms with Crippen molar-refractivity contribution in [2.24, 2.45) is 0 Å². The number of carbonyl (C=O) groups is 1. The lowest BCUT2D eigenvalue weighted by atomic mass is 10.0. The fraction of sp³-hybridized carbons (Fsp3) is 0.0833. The SMILES string of the molecule is Cc1ccc(I)cc1C(=O)c1ccc(-c2ccc(F)cc2)s1.Cc1ccc(I)cc1C(O)c1ccc(-c2ccc(F)cc2)s1. The third-order valence-electron chi connectivity index (χ3n) is 6.96. The van der Waals surface area contributed by atoms with E-state index in [1.807, 2.05) is 74.5 Å². The Morgan fingerprint density at radius 1 is 0.659 bits per heavy atom. The quantitative estimate of drug-likeness (QED) is 0.134. The molecule has 2 heterocycles. The minimum Gasteiger partial charge on any atom is -0.383 e. The molecular formula is C36H26F2I2O2S2. The summed E-state index contributed by atoms with van der Waals surface area (Å²) in [7, 11) is 0. The van der Waals surface area contributed by atoms with Crippen LogP contribution in [0, 0.1) is 32.6 Å². The number of ketones is 1. The van der Waals surface area contributed by atoms with Gasteiger partial charge in [-0.1, -0.05) is 36.4 Å². The number of aliphatic hydroxyl groups excluding tert-OH is 1. The zero-order valence-electron chi connectivity index (χ0n) is 23.7. The standard InChI is InChI=1S/C18H14FIOS.C18H12FIOS/c2*1-11-2-7-14(20)10-15(11)18(21)17-9-8-16(22-17)12-3-5-13(19)6-4-12/h2-10,18,21H,1H3;2-10H,1H3. The maximum absolute atomic E-state index is 13.0. The second-order valence-electron chi connectivity index (χ2n) is 10.1. The molecule has 1 atom stereocenters. The second-order valence-corrected chi connectivity index (χ2v) is 14.8. The van der Waals surface area contributed by atoms with Crippen LogP contribution in [-0.2, 0) is 0 Å². The summed E-state index contributed by atoms with van der Waals surface area (Å²) in [5.41, 5.74) is 5.60. The van der Waals surface area contributed by atoms with Crippen LogP contribution in [0.2, 0.25) is 0 Å². The summed E-state index contributed by atoms with van der Waals surface area (Å²) in [6.07, 6.45) is -0.631. The highest BCUT2D eigenvalue weighted by atomic mass is 127. The van der Waals surface area contributed by atoms with Gasteiger partial charge in [0.05, 0.1) is 4.88 Å². The first-order chi connectivity index (χ1) is 21.1. The number of thiophene rings is 2. The van der Waals surface area contributed by atoms with Crippen LogP contribution in [-0.4, -0.2) is 10.9 Å². The highest BCUT2D eigenvalue weighted by Crippen LogP contribution is 2.35. The molecule has 0 radical (unpaired) electrons. The maximum Gasteiger partial charge on any atom is 0.203 e. The lowest BCUT2D eigenvalue weighted by molar-refractivity contribution is 0.104. The number of rotatable bonds is 6. The van der Waals surface area contributed by atoms with Crippen molar-refractivity contribution in [2.75, 3.05) is 0 Å². The Kier molecular flexibility index (Phi) is 10.8. The van der Waals surface area contributed by atoms with E-state index in [-0.39, 0.29) is 17.4 Å². The van der Waals surface area contributed by atoms with Gasteiger partial charge in [-0.3, -0.25) is 4.79 Å². The molecule has 0 fully saturated rings. The van der Waals surface area contributed by atoms with E-state index in [2.05, 4.69) is 45.2 Å². The molecule has 1 unspecified atom stereocenters. The van der Waals surface area contributed by atoms with Crippen LogP contribution < -0.4 is 0 Å². The Labute approximate surface area is 290 Å². The van der Waals surface area contributed by atoms with E-state index >= 15 is 0 Å². The summed E-state index contributed by atoms with van der Waals surface area (Å²) in [4.78, 5) is 16.2. The van der Waals surface area contributed by atoms with Crippen molar-refractivity contribution >= 4 is 73.6 Å². The van der Waals surface area contributed by atoms with Crippen molar-refractivity contribution in [1.82, 2.24) is 0 Å². The Morgan fingerprint density at radius 3 is 1.80 bits per heavy atom. The summed E-state index contributed by atoms with van der Waals surface area (Å²) in [5, 5.41) is 10.6. The molecule has 0 aliphatic rings. The molecule has 6 aromatic rings. The molecule has 44 heavy (non-hydrogen) atoms. The van der Waals surface area contributed by atoms with Gasteiger partial charge in [0.25, 0.3) is 0 Å². The van der Waals surface area contributed by atoms with Crippen LogP contribution in [0.5, 0.6) is 0 Å². The highest BCUT2D eigenvalue weighted by molar-refractivity contribution is 14.1. The molecule has 6 rings (SSSR count). The molecule has 1 N–H and O–H groups in total. The Bertz CT molecular complexity index is 1910. The van der Waals surface area contributed by atoms with E-state index in [1.54, 1.807) is 24.3 Å².